The third-order valence-corrected chi connectivity index (χ3v) is 7.14. The highest BCUT2D eigenvalue weighted by molar-refractivity contribution is 5.88. The number of benzene rings is 5. The standard InChI is InChI=1S/C33H26N2O/c1-22-11-17-30-32(19-22)36-33-20-23(2)12-18-31(33)35(30)27-15-13-26(14-16-27)34-28-9-5-3-7-24(28)21-25-8-4-6-10-29(25)34/h3-20H,21H2,1-2H3. The van der Waals surface area contributed by atoms with E-state index in [2.05, 4.69) is 133 Å². The lowest BCUT2D eigenvalue weighted by Crippen LogP contribution is -2.19. The molecule has 0 aromatic heterocycles. The van der Waals surface area contributed by atoms with E-state index in [4.69, 9.17) is 4.74 Å². The molecule has 0 N–H and O–H groups in total. The van der Waals surface area contributed by atoms with Crippen LogP contribution in [0.15, 0.2) is 109 Å². The van der Waals surface area contributed by atoms with Crippen LogP contribution in [0.4, 0.5) is 34.1 Å². The molecule has 2 heterocycles. The van der Waals surface area contributed by atoms with Crippen molar-refractivity contribution < 1.29 is 4.74 Å². The Kier molecular flexibility index (Phi) is 4.65. The maximum atomic E-state index is 6.34. The fraction of sp³-hybridized carbons (Fsp3) is 0.0909. The number of fused-ring (bicyclic) bond motifs is 4. The molecule has 0 saturated carbocycles. The zero-order valence-corrected chi connectivity index (χ0v) is 20.4. The number of para-hydroxylation sites is 2. The Hall–Kier alpha value is -4.50. The molecule has 0 saturated heterocycles. The Morgan fingerprint density at radius 2 is 0.944 bits per heavy atom. The van der Waals surface area contributed by atoms with Crippen molar-refractivity contribution in [2.45, 2.75) is 20.3 Å². The molecule has 0 fully saturated rings. The lowest BCUT2D eigenvalue weighted by Gasteiger charge is -2.35. The van der Waals surface area contributed by atoms with Crippen molar-refractivity contribution in [3.8, 4) is 11.5 Å². The molecule has 0 atom stereocenters. The fourth-order valence-corrected chi connectivity index (χ4v) is 5.42. The Bertz CT molecular complexity index is 1520. The van der Waals surface area contributed by atoms with Gasteiger partial charge in [-0.2, -0.15) is 0 Å². The van der Waals surface area contributed by atoms with Crippen LogP contribution in [-0.2, 0) is 6.42 Å². The number of ether oxygens (including phenoxy) is 1. The number of hydrogen-bond acceptors (Lipinski definition) is 3. The summed E-state index contributed by atoms with van der Waals surface area (Å²) in [6.07, 6.45) is 0.959. The summed E-state index contributed by atoms with van der Waals surface area (Å²) in [5.41, 5.74) is 11.9. The molecule has 7 rings (SSSR count). The van der Waals surface area contributed by atoms with Gasteiger partial charge in [-0.3, -0.25) is 0 Å². The highest BCUT2D eigenvalue weighted by Crippen LogP contribution is 2.51. The smallest absolute Gasteiger partial charge is 0.151 e. The number of rotatable bonds is 2. The molecule has 174 valence electrons. The van der Waals surface area contributed by atoms with Crippen molar-refractivity contribution in [1.82, 2.24) is 0 Å². The Morgan fingerprint density at radius 1 is 0.500 bits per heavy atom. The molecule has 5 aromatic carbocycles. The second kappa shape index (κ2) is 8.03. The van der Waals surface area contributed by atoms with E-state index in [0.29, 0.717) is 0 Å². The summed E-state index contributed by atoms with van der Waals surface area (Å²) in [4.78, 5) is 4.68. The maximum absolute atomic E-state index is 6.34. The van der Waals surface area contributed by atoms with Crippen molar-refractivity contribution >= 4 is 34.1 Å². The zero-order chi connectivity index (χ0) is 24.2. The van der Waals surface area contributed by atoms with E-state index >= 15 is 0 Å². The summed E-state index contributed by atoms with van der Waals surface area (Å²) in [7, 11) is 0. The number of nitrogens with zero attached hydrogens (tertiary/aromatic N) is 2. The average molecular weight is 467 g/mol. The molecule has 0 unspecified atom stereocenters. The summed E-state index contributed by atoms with van der Waals surface area (Å²) in [6, 6.07) is 39.1. The van der Waals surface area contributed by atoms with Crippen LogP contribution in [-0.4, -0.2) is 0 Å². The summed E-state index contributed by atoms with van der Waals surface area (Å²) in [6.45, 7) is 4.20. The van der Waals surface area contributed by atoms with Crippen LogP contribution >= 0.6 is 0 Å². The number of aryl methyl sites for hydroxylation is 2. The van der Waals surface area contributed by atoms with E-state index in [0.717, 1.165) is 40.7 Å². The second-order valence-corrected chi connectivity index (χ2v) is 9.67. The summed E-state index contributed by atoms with van der Waals surface area (Å²) in [5, 5.41) is 0. The van der Waals surface area contributed by atoms with Gasteiger partial charge in [-0.1, -0.05) is 48.5 Å². The van der Waals surface area contributed by atoms with Crippen LogP contribution in [0.2, 0.25) is 0 Å². The highest BCUT2D eigenvalue weighted by Gasteiger charge is 2.27. The molecule has 0 radical (unpaired) electrons. The largest absolute Gasteiger partial charge is 0.453 e. The molecule has 0 amide bonds. The van der Waals surface area contributed by atoms with Gasteiger partial charge in [0.1, 0.15) is 0 Å². The van der Waals surface area contributed by atoms with Gasteiger partial charge in [0.05, 0.1) is 11.4 Å². The third-order valence-electron chi connectivity index (χ3n) is 7.14. The SMILES string of the molecule is Cc1ccc2c(c1)Oc1cc(C)ccc1N2c1ccc(N2c3ccccc3Cc3ccccc32)cc1. The second-order valence-electron chi connectivity index (χ2n) is 9.67. The predicted molar refractivity (Wildman–Crippen MR) is 148 cm³/mol. The molecule has 2 aliphatic rings. The molecule has 0 bridgehead atoms. The van der Waals surface area contributed by atoms with Gasteiger partial charge in [0, 0.05) is 29.2 Å². The Balaban J connectivity index is 1.35. The fourth-order valence-electron chi connectivity index (χ4n) is 5.42. The van der Waals surface area contributed by atoms with Crippen LogP contribution in [0.1, 0.15) is 22.3 Å². The summed E-state index contributed by atoms with van der Waals surface area (Å²) >= 11 is 0. The maximum Gasteiger partial charge on any atom is 0.151 e. The minimum absolute atomic E-state index is 0.885. The van der Waals surface area contributed by atoms with Crippen molar-refractivity contribution in [3.05, 3.63) is 131 Å². The van der Waals surface area contributed by atoms with Gasteiger partial charge in [0.2, 0.25) is 0 Å². The van der Waals surface area contributed by atoms with E-state index in [9.17, 15) is 0 Å². The van der Waals surface area contributed by atoms with Crippen molar-refractivity contribution in [3.63, 3.8) is 0 Å². The molecule has 3 nitrogen and oxygen atoms in total. The first-order chi connectivity index (χ1) is 17.7. The first-order valence-corrected chi connectivity index (χ1v) is 12.4. The van der Waals surface area contributed by atoms with Crippen LogP contribution in [0.5, 0.6) is 11.5 Å². The molecular weight excluding hydrogens is 440 g/mol. The van der Waals surface area contributed by atoms with Crippen LogP contribution in [0.3, 0.4) is 0 Å². The zero-order valence-electron chi connectivity index (χ0n) is 20.4. The molecule has 36 heavy (non-hydrogen) atoms. The number of anilines is 6. The van der Waals surface area contributed by atoms with E-state index in [1.807, 2.05) is 0 Å². The quantitative estimate of drug-likeness (QED) is 0.252. The molecule has 0 spiro atoms. The Labute approximate surface area is 211 Å². The monoisotopic (exact) mass is 466 g/mol. The summed E-state index contributed by atoms with van der Waals surface area (Å²) < 4.78 is 6.34. The first-order valence-electron chi connectivity index (χ1n) is 12.4. The van der Waals surface area contributed by atoms with Gasteiger partial charge in [-0.15, -0.1) is 0 Å². The van der Waals surface area contributed by atoms with Gasteiger partial charge < -0.3 is 14.5 Å². The molecule has 0 aliphatic carbocycles. The highest BCUT2D eigenvalue weighted by atomic mass is 16.5. The average Bonchev–Trinajstić information content (AvgIpc) is 2.90. The minimum atomic E-state index is 0.885. The Morgan fingerprint density at radius 3 is 1.44 bits per heavy atom. The molecule has 3 heteroatoms. The van der Waals surface area contributed by atoms with E-state index in [1.54, 1.807) is 0 Å². The molecule has 2 aliphatic heterocycles. The number of hydrogen-bond donors (Lipinski definition) is 0. The lowest BCUT2D eigenvalue weighted by atomic mass is 9.95. The minimum Gasteiger partial charge on any atom is -0.453 e. The van der Waals surface area contributed by atoms with E-state index in [-0.39, 0.29) is 0 Å². The lowest BCUT2D eigenvalue weighted by molar-refractivity contribution is 0.476. The normalized spacial score (nSPS) is 13.3. The van der Waals surface area contributed by atoms with Crippen LogP contribution in [0.25, 0.3) is 0 Å². The van der Waals surface area contributed by atoms with Gasteiger partial charge in [0.15, 0.2) is 11.5 Å². The van der Waals surface area contributed by atoms with Crippen molar-refractivity contribution in [1.29, 1.82) is 0 Å². The van der Waals surface area contributed by atoms with Crippen molar-refractivity contribution in [2.24, 2.45) is 0 Å². The topological polar surface area (TPSA) is 15.7 Å². The summed E-state index contributed by atoms with van der Waals surface area (Å²) in [5.74, 6) is 1.77. The van der Waals surface area contributed by atoms with Gasteiger partial charge in [-0.05, 0) is 96.8 Å². The van der Waals surface area contributed by atoms with Gasteiger partial charge in [0.25, 0.3) is 0 Å². The predicted octanol–water partition coefficient (Wildman–Crippen LogP) is 9.25. The van der Waals surface area contributed by atoms with E-state index in [1.165, 1.54) is 33.6 Å². The van der Waals surface area contributed by atoms with Gasteiger partial charge >= 0.3 is 0 Å². The van der Waals surface area contributed by atoms with E-state index < -0.39 is 0 Å². The first kappa shape index (κ1) is 20.8. The third kappa shape index (κ3) is 3.28. The van der Waals surface area contributed by atoms with Crippen LogP contribution < -0.4 is 14.5 Å². The van der Waals surface area contributed by atoms with Crippen LogP contribution in [0, 0.1) is 13.8 Å². The molecular formula is C33H26N2O. The van der Waals surface area contributed by atoms with Gasteiger partial charge in [-0.25, -0.2) is 0 Å². The van der Waals surface area contributed by atoms with Crippen molar-refractivity contribution in [2.75, 3.05) is 9.80 Å². The molecule has 5 aromatic rings.